The third-order valence-corrected chi connectivity index (χ3v) is 4.79. The lowest BCUT2D eigenvalue weighted by Crippen LogP contribution is -2.37. The number of hydrogen-bond donors (Lipinski definition) is 1. The fourth-order valence-corrected chi connectivity index (χ4v) is 3.06. The fourth-order valence-electron chi connectivity index (χ4n) is 2.95. The highest BCUT2D eigenvalue weighted by Crippen LogP contribution is 2.25. The van der Waals surface area contributed by atoms with Gasteiger partial charge in [0.1, 0.15) is 17.5 Å². The summed E-state index contributed by atoms with van der Waals surface area (Å²) in [6.07, 6.45) is 6.83. The van der Waals surface area contributed by atoms with Crippen LogP contribution >= 0.6 is 11.6 Å². The van der Waals surface area contributed by atoms with Crippen molar-refractivity contribution in [3.63, 3.8) is 0 Å². The van der Waals surface area contributed by atoms with Gasteiger partial charge in [-0.3, -0.25) is 9.78 Å². The van der Waals surface area contributed by atoms with Crippen LogP contribution in [0.25, 0.3) is 16.7 Å². The number of hydrogen-bond acceptors (Lipinski definition) is 8. The number of aryl methyl sites for hydroxylation is 1. The molecule has 1 N–H and O–H groups in total. The molecule has 0 aliphatic carbocycles. The lowest BCUT2D eigenvalue weighted by Gasteiger charge is -2.18. The van der Waals surface area contributed by atoms with E-state index in [1.54, 1.807) is 35.4 Å². The molecule has 4 rings (SSSR count). The van der Waals surface area contributed by atoms with Crippen LogP contribution in [0.5, 0.6) is 5.88 Å². The van der Waals surface area contributed by atoms with Crippen molar-refractivity contribution in [3.8, 4) is 11.6 Å². The van der Waals surface area contributed by atoms with Crippen LogP contribution in [0.4, 0.5) is 5.82 Å². The van der Waals surface area contributed by atoms with Crippen LogP contribution in [0.15, 0.2) is 49.3 Å². The van der Waals surface area contributed by atoms with Gasteiger partial charge in [0.15, 0.2) is 5.65 Å². The summed E-state index contributed by atoms with van der Waals surface area (Å²) in [6, 6.07) is 5.11. The molecule has 4 heterocycles. The van der Waals surface area contributed by atoms with Crippen LogP contribution in [-0.4, -0.2) is 54.9 Å². The Hall–Kier alpha value is -3.63. The highest BCUT2D eigenvalue weighted by atomic mass is 35.5. The number of fused-ring (bicyclic) bond motifs is 1. The summed E-state index contributed by atoms with van der Waals surface area (Å²) >= 11 is 5.85. The second-order valence-electron chi connectivity index (χ2n) is 6.75. The van der Waals surface area contributed by atoms with Crippen molar-refractivity contribution < 1.29 is 14.3 Å². The maximum atomic E-state index is 12.9. The zero-order valence-corrected chi connectivity index (χ0v) is 18.2. The molecule has 1 atom stereocenters. The molecule has 4 aromatic rings. The Morgan fingerprint density at radius 2 is 2.06 bits per heavy atom. The van der Waals surface area contributed by atoms with E-state index in [-0.39, 0.29) is 12.5 Å². The van der Waals surface area contributed by atoms with Gasteiger partial charge >= 0.3 is 0 Å². The highest BCUT2D eigenvalue weighted by molar-refractivity contribution is 6.30. The maximum Gasteiger partial charge on any atom is 0.269 e. The van der Waals surface area contributed by atoms with Gasteiger partial charge < -0.3 is 14.8 Å². The molecule has 0 saturated heterocycles. The topological polar surface area (TPSA) is 117 Å². The van der Waals surface area contributed by atoms with Gasteiger partial charge in [-0.05, 0) is 37.6 Å². The summed E-state index contributed by atoms with van der Waals surface area (Å²) in [7, 11) is 0. The predicted molar refractivity (Wildman–Crippen MR) is 118 cm³/mol. The predicted octanol–water partition coefficient (Wildman–Crippen LogP) is 2.99. The van der Waals surface area contributed by atoms with E-state index < -0.39 is 12.0 Å². The van der Waals surface area contributed by atoms with E-state index in [9.17, 15) is 4.79 Å². The zero-order chi connectivity index (χ0) is 22.5. The van der Waals surface area contributed by atoms with E-state index in [2.05, 4.69) is 30.4 Å². The summed E-state index contributed by atoms with van der Waals surface area (Å²) in [6.45, 7) is 4.23. The number of carbonyl (C=O) groups excluding carboxylic acids is 1. The summed E-state index contributed by atoms with van der Waals surface area (Å²) in [5, 5.41) is 8.13. The number of amides is 1. The average Bonchev–Trinajstić information content (AvgIpc) is 3.23. The third kappa shape index (κ3) is 4.66. The number of anilines is 1. The first-order valence-electron chi connectivity index (χ1n) is 9.83. The number of rotatable bonds is 8. The normalized spacial score (nSPS) is 12.0. The molecule has 0 spiro atoms. The molecule has 0 radical (unpaired) electrons. The monoisotopic (exact) mass is 453 g/mol. The maximum absolute atomic E-state index is 12.9. The van der Waals surface area contributed by atoms with Crippen molar-refractivity contribution in [1.82, 2.24) is 29.7 Å². The number of aromatic nitrogens is 6. The van der Waals surface area contributed by atoms with E-state index in [0.717, 1.165) is 11.3 Å². The Bertz CT molecular complexity index is 1230. The van der Waals surface area contributed by atoms with Gasteiger partial charge in [-0.2, -0.15) is 5.10 Å². The second kappa shape index (κ2) is 9.67. The largest absolute Gasteiger partial charge is 0.461 e. The fraction of sp³-hybridized carbons (Fsp3) is 0.238. The van der Waals surface area contributed by atoms with E-state index in [1.165, 1.54) is 12.5 Å². The molecular formula is C21H20ClN7O3. The first kappa shape index (κ1) is 21.6. The Labute approximate surface area is 188 Å². The van der Waals surface area contributed by atoms with E-state index in [4.69, 9.17) is 21.1 Å². The van der Waals surface area contributed by atoms with Crippen molar-refractivity contribution in [2.45, 2.75) is 20.0 Å². The summed E-state index contributed by atoms with van der Waals surface area (Å²) in [4.78, 5) is 29.6. The van der Waals surface area contributed by atoms with E-state index in [0.29, 0.717) is 28.5 Å². The zero-order valence-electron chi connectivity index (χ0n) is 17.4. The Balaban J connectivity index is 1.62. The van der Waals surface area contributed by atoms with Crippen LogP contribution in [0, 0.1) is 6.92 Å². The minimum absolute atomic E-state index is 0.0251. The Kier molecular flexibility index (Phi) is 6.52. The lowest BCUT2D eigenvalue weighted by molar-refractivity contribution is -0.125. The third-order valence-electron chi connectivity index (χ3n) is 4.57. The van der Waals surface area contributed by atoms with Crippen molar-refractivity contribution >= 4 is 34.4 Å². The Morgan fingerprint density at radius 3 is 2.81 bits per heavy atom. The van der Waals surface area contributed by atoms with E-state index in [1.807, 2.05) is 19.9 Å². The smallest absolute Gasteiger partial charge is 0.269 e. The van der Waals surface area contributed by atoms with Gasteiger partial charge in [0, 0.05) is 19.0 Å². The first-order chi connectivity index (χ1) is 15.6. The number of nitrogens with zero attached hydrogens (tertiary/aromatic N) is 6. The van der Waals surface area contributed by atoms with Crippen molar-refractivity contribution in [2.24, 2.45) is 0 Å². The summed E-state index contributed by atoms with van der Waals surface area (Å²) in [5.41, 5.74) is 2.29. The van der Waals surface area contributed by atoms with Crippen molar-refractivity contribution in [2.75, 3.05) is 18.5 Å². The molecular weight excluding hydrogens is 434 g/mol. The van der Waals surface area contributed by atoms with Crippen LogP contribution in [0.1, 0.15) is 12.5 Å². The van der Waals surface area contributed by atoms with Crippen LogP contribution in [-0.2, 0) is 9.53 Å². The number of nitrogens with one attached hydrogen (secondary N) is 1. The molecule has 1 unspecified atom stereocenters. The molecule has 0 aliphatic heterocycles. The summed E-state index contributed by atoms with van der Waals surface area (Å²) < 4.78 is 13.1. The molecule has 11 heteroatoms. The minimum atomic E-state index is -0.978. The molecule has 4 aromatic heterocycles. The molecule has 164 valence electrons. The standard InChI is InChI=1S/C21H20ClN7O3/c1-3-31-11-17(20(30)28-18-5-4-14(22)8-24-18)32-21-15-9-27-29(19(15)25-12-26-21)16-10-23-7-6-13(16)2/h4-10,12,17H,3,11H2,1-2H3,(H,24,28,30). The van der Waals surface area contributed by atoms with Gasteiger partial charge in [-0.15, -0.1) is 0 Å². The van der Waals surface area contributed by atoms with Crippen LogP contribution in [0.2, 0.25) is 5.02 Å². The molecule has 0 bridgehead atoms. The van der Waals surface area contributed by atoms with Gasteiger partial charge in [0.05, 0.1) is 29.7 Å². The van der Waals surface area contributed by atoms with Crippen molar-refractivity contribution in [1.29, 1.82) is 0 Å². The molecule has 0 saturated carbocycles. The van der Waals surface area contributed by atoms with E-state index >= 15 is 0 Å². The average molecular weight is 454 g/mol. The molecule has 32 heavy (non-hydrogen) atoms. The highest BCUT2D eigenvalue weighted by Gasteiger charge is 2.24. The SMILES string of the molecule is CCOCC(Oc1ncnc2c1cnn2-c1cnccc1C)C(=O)Nc1ccc(Cl)cn1. The Morgan fingerprint density at radius 1 is 1.19 bits per heavy atom. The number of carbonyl (C=O) groups is 1. The minimum Gasteiger partial charge on any atom is -0.461 e. The van der Waals surface area contributed by atoms with Crippen LogP contribution in [0.3, 0.4) is 0 Å². The van der Waals surface area contributed by atoms with Gasteiger partial charge in [-0.25, -0.2) is 19.6 Å². The van der Waals surface area contributed by atoms with Crippen LogP contribution < -0.4 is 10.1 Å². The van der Waals surface area contributed by atoms with Crippen molar-refractivity contribution in [3.05, 3.63) is 59.9 Å². The summed E-state index contributed by atoms with van der Waals surface area (Å²) in [5.74, 6) is 0.124. The molecule has 10 nitrogen and oxygen atoms in total. The second-order valence-corrected chi connectivity index (χ2v) is 7.19. The lowest BCUT2D eigenvalue weighted by atomic mass is 10.2. The van der Waals surface area contributed by atoms with Gasteiger partial charge in [0.2, 0.25) is 12.0 Å². The molecule has 1 amide bonds. The first-order valence-corrected chi connectivity index (χ1v) is 10.2. The quantitative estimate of drug-likeness (QED) is 0.432. The number of ether oxygens (including phenoxy) is 2. The van der Waals surface area contributed by atoms with Gasteiger partial charge in [0.25, 0.3) is 5.91 Å². The molecule has 0 aliphatic rings. The number of pyridine rings is 2. The van der Waals surface area contributed by atoms with Gasteiger partial charge in [-0.1, -0.05) is 11.6 Å². The molecule has 0 fully saturated rings. The number of halogens is 1. The molecule has 0 aromatic carbocycles.